The lowest BCUT2D eigenvalue weighted by molar-refractivity contribution is -0.138. The van der Waals surface area contributed by atoms with Crippen LogP contribution in [0, 0.1) is 5.82 Å². The first-order valence-electron chi connectivity index (χ1n) is 4.90. The Hall–Kier alpha value is -1.50. The summed E-state index contributed by atoms with van der Waals surface area (Å²) in [7, 11) is 0. The molecule has 1 fully saturated rings. The number of alkyl halides is 3. The molecular weight excluding hydrogens is 276 g/mol. The number of carbonyl (C=O) groups excluding carboxylic acids is 1. The highest BCUT2D eigenvalue weighted by Crippen LogP contribution is 2.38. The predicted octanol–water partition coefficient (Wildman–Crippen LogP) is 2.85. The van der Waals surface area contributed by atoms with Crippen LogP contribution in [0.1, 0.15) is 17.2 Å². The van der Waals surface area contributed by atoms with Gasteiger partial charge in [-0.3, -0.25) is 0 Å². The predicted molar refractivity (Wildman–Crippen MR) is 55.7 cm³/mol. The van der Waals surface area contributed by atoms with Gasteiger partial charge in [-0.25, -0.2) is 9.18 Å². The average molecular weight is 283 g/mol. The van der Waals surface area contributed by atoms with Gasteiger partial charge in [0.2, 0.25) is 0 Å². The fourth-order valence-corrected chi connectivity index (χ4v) is 1.95. The Labute approximate surface area is 104 Å². The van der Waals surface area contributed by atoms with Crippen LogP contribution in [0.5, 0.6) is 0 Å². The molecule has 1 aromatic carbocycles. The van der Waals surface area contributed by atoms with Crippen molar-refractivity contribution in [1.82, 2.24) is 10.6 Å². The van der Waals surface area contributed by atoms with Crippen molar-refractivity contribution in [3.63, 3.8) is 0 Å². The largest absolute Gasteiger partial charge is 0.416 e. The highest BCUT2D eigenvalue weighted by molar-refractivity contribution is 6.30. The molecule has 8 heteroatoms. The van der Waals surface area contributed by atoms with E-state index in [2.05, 4.69) is 10.6 Å². The van der Waals surface area contributed by atoms with Crippen LogP contribution < -0.4 is 10.6 Å². The second-order valence-corrected chi connectivity index (χ2v) is 4.13. The first-order valence-corrected chi connectivity index (χ1v) is 5.28. The summed E-state index contributed by atoms with van der Waals surface area (Å²) < 4.78 is 52.1. The van der Waals surface area contributed by atoms with Gasteiger partial charge in [-0.1, -0.05) is 11.6 Å². The quantitative estimate of drug-likeness (QED) is 0.764. The topological polar surface area (TPSA) is 41.1 Å². The van der Waals surface area contributed by atoms with E-state index >= 15 is 0 Å². The van der Waals surface area contributed by atoms with E-state index in [1.165, 1.54) is 0 Å². The first kappa shape index (κ1) is 12.9. The normalized spacial score (nSPS) is 19.6. The van der Waals surface area contributed by atoms with Crippen molar-refractivity contribution in [2.24, 2.45) is 0 Å². The van der Waals surface area contributed by atoms with Crippen molar-refractivity contribution >= 4 is 17.6 Å². The number of nitrogens with one attached hydrogen (secondary N) is 2. The van der Waals surface area contributed by atoms with Crippen LogP contribution in [-0.2, 0) is 6.18 Å². The summed E-state index contributed by atoms with van der Waals surface area (Å²) in [6.07, 6.45) is -4.71. The van der Waals surface area contributed by atoms with E-state index in [1.54, 1.807) is 0 Å². The van der Waals surface area contributed by atoms with Gasteiger partial charge in [-0.2, -0.15) is 13.2 Å². The number of rotatable bonds is 1. The van der Waals surface area contributed by atoms with E-state index in [0.717, 1.165) is 6.07 Å². The van der Waals surface area contributed by atoms with Gasteiger partial charge in [0.05, 0.1) is 16.6 Å². The molecule has 0 saturated carbocycles. The number of hydrogen-bond donors (Lipinski definition) is 2. The molecule has 0 aliphatic carbocycles. The van der Waals surface area contributed by atoms with Crippen molar-refractivity contribution in [2.75, 3.05) is 6.54 Å². The van der Waals surface area contributed by atoms with Gasteiger partial charge in [0.25, 0.3) is 0 Å². The Morgan fingerprint density at radius 2 is 2.00 bits per heavy atom. The molecule has 0 bridgehead atoms. The van der Waals surface area contributed by atoms with Gasteiger partial charge < -0.3 is 10.6 Å². The SMILES string of the molecule is O=C1NC[C@@H](c2c(C(F)(F)F)ccc(Cl)c2F)N1. The van der Waals surface area contributed by atoms with Crippen molar-refractivity contribution in [3.05, 3.63) is 34.1 Å². The molecule has 1 aliphatic rings. The molecule has 0 radical (unpaired) electrons. The van der Waals surface area contributed by atoms with E-state index in [9.17, 15) is 22.4 Å². The smallest absolute Gasteiger partial charge is 0.336 e. The molecular formula is C10H7ClF4N2O. The first-order chi connectivity index (χ1) is 8.30. The number of carbonyl (C=O) groups is 1. The minimum absolute atomic E-state index is 0.126. The molecule has 18 heavy (non-hydrogen) atoms. The molecule has 1 saturated heterocycles. The summed E-state index contributed by atoms with van der Waals surface area (Å²) in [6, 6.07) is -0.195. The zero-order valence-corrected chi connectivity index (χ0v) is 9.49. The summed E-state index contributed by atoms with van der Waals surface area (Å²) in [5.41, 5.74) is -1.79. The molecule has 1 heterocycles. The Bertz CT molecular complexity index is 503. The lowest BCUT2D eigenvalue weighted by Gasteiger charge is -2.18. The number of hydrogen-bond acceptors (Lipinski definition) is 1. The summed E-state index contributed by atoms with van der Waals surface area (Å²) in [5.74, 6) is -1.17. The molecule has 1 aliphatic heterocycles. The number of amides is 2. The maximum atomic E-state index is 13.8. The van der Waals surface area contributed by atoms with Crippen molar-refractivity contribution < 1.29 is 22.4 Å². The third-order valence-electron chi connectivity index (χ3n) is 2.56. The molecule has 1 atom stereocenters. The van der Waals surface area contributed by atoms with Crippen molar-refractivity contribution in [2.45, 2.75) is 12.2 Å². The molecule has 1 aromatic rings. The standard InChI is InChI=1S/C10H7ClF4N2O/c11-5-2-1-4(10(13,14)15)7(8(5)12)6-3-16-9(18)17-6/h1-2,6H,3H2,(H2,16,17,18)/t6-/m0/s1. The second-order valence-electron chi connectivity index (χ2n) is 3.73. The van der Waals surface area contributed by atoms with Crippen molar-refractivity contribution in [3.8, 4) is 0 Å². The maximum absolute atomic E-state index is 13.8. The Kier molecular flexibility index (Phi) is 3.10. The molecule has 0 unspecified atom stereocenters. The molecule has 2 rings (SSSR count). The third-order valence-corrected chi connectivity index (χ3v) is 2.85. The van der Waals surface area contributed by atoms with Crippen LogP contribution >= 0.6 is 11.6 Å². The Morgan fingerprint density at radius 1 is 1.33 bits per heavy atom. The van der Waals surface area contributed by atoms with Gasteiger partial charge in [0.15, 0.2) is 0 Å². The highest BCUT2D eigenvalue weighted by Gasteiger charge is 2.39. The van der Waals surface area contributed by atoms with Crippen LogP contribution in [0.4, 0.5) is 22.4 Å². The van der Waals surface area contributed by atoms with Crippen molar-refractivity contribution in [1.29, 1.82) is 0 Å². The monoisotopic (exact) mass is 282 g/mol. The van der Waals surface area contributed by atoms with E-state index in [1.807, 2.05) is 0 Å². The van der Waals surface area contributed by atoms with E-state index in [-0.39, 0.29) is 6.54 Å². The third kappa shape index (κ3) is 2.22. The van der Waals surface area contributed by atoms with Crippen LogP contribution in [0.15, 0.2) is 12.1 Å². The minimum Gasteiger partial charge on any atom is -0.336 e. The summed E-state index contributed by atoms with van der Waals surface area (Å²) >= 11 is 5.48. The van der Waals surface area contributed by atoms with Gasteiger partial charge in [-0.15, -0.1) is 0 Å². The van der Waals surface area contributed by atoms with Crippen LogP contribution in [0.3, 0.4) is 0 Å². The maximum Gasteiger partial charge on any atom is 0.416 e. The fourth-order valence-electron chi connectivity index (χ4n) is 1.78. The minimum atomic E-state index is -4.71. The zero-order chi connectivity index (χ0) is 13.5. The molecule has 2 N–H and O–H groups in total. The second kappa shape index (κ2) is 4.31. The van der Waals surface area contributed by atoms with Gasteiger partial charge >= 0.3 is 12.2 Å². The van der Waals surface area contributed by atoms with Crippen LogP contribution in [0.2, 0.25) is 5.02 Å². The van der Waals surface area contributed by atoms with E-state index in [0.29, 0.717) is 6.07 Å². The molecule has 3 nitrogen and oxygen atoms in total. The summed E-state index contributed by atoms with van der Waals surface area (Å²) in [6.45, 7) is -0.126. The highest BCUT2D eigenvalue weighted by atomic mass is 35.5. The molecule has 2 amide bonds. The van der Waals surface area contributed by atoms with Gasteiger partial charge in [-0.05, 0) is 12.1 Å². The average Bonchev–Trinajstić information content (AvgIpc) is 2.66. The molecule has 0 spiro atoms. The lowest BCUT2D eigenvalue weighted by atomic mass is 9.99. The number of urea groups is 1. The van der Waals surface area contributed by atoms with Gasteiger partial charge in [0, 0.05) is 12.1 Å². The van der Waals surface area contributed by atoms with Gasteiger partial charge in [0.1, 0.15) is 5.82 Å². The summed E-state index contributed by atoms with van der Waals surface area (Å²) in [4.78, 5) is 10.9. The summed E-state index contributed by atoms with van der Waals surface area (Å²) in [5, 5.41) is 4.05. The van der Waals surface area contributed by atoms with E-state index in [4.69, 9.17) is 11.6 Å². The Balaban J connectivity index is 2.55. The zero-order valence-electron chi connectivity index (χ0n) is 8.74. The number of halogens is 5. The van der Waals surface area contributed by atoms with Crippen LogP contribution in [0.25, 0.3) is 0 Å². The Morgan fingerprint density at radius 3 is 2.50 bits per heavy atom. The van der Waals surface area contributed by atoms with Crippen LogP contribution in [-0.4, -0.2) is 12.6 Å². The molecule has 98 valence electrons. The van der Waals surface area contributed by atoms with E-state index < -0.39 is 40.2 Å². The number of benzene rings is 1. The fraction of sp³-hybridized carbons (Fsp3) is 0.300. The lowest BCUT2D eigenvalue weighted by Crippen LogP contribution is -2.24. The molecule has 0 aromatic heterocycles.